The van der Waals surface area contributed by atoms with E-state index in [-0.39, 0.29) is 31.1 Å². The summed E-state index contributed by atoms with van der Waals surface area (Å²) in [6.07, 6.45) is 86.8. The van der Waals surface area contributed by atoms with Gasteiger partial charge in [0.05, 0.1) is 0 Å². The van der Waals surface area contributed by atoms with Crippen molar-refractivity contribution in [2.75, 3.05) is 13.2 Å². The molecule has 0 spiro atoms. The zero-order valence-electron chi connectivity index (χ0n) is 52.9. The number of hydrogen-bond donors (Lipinski definition) is 0. The molecule has 0 saturated heterocycles. The maximum Gasteiger partial charge on any atom is 0.306 e. The van der Waals surface area contributed by atoms with E-state index in [9.17, 15) is 14.4 Å². The van der Waals surface area contributed by atoms with E-state index < -0.39 is 6.10 Å². The second-order valence-electron chi connectivity index (χ2n) is 23.4. The standard InChI is InChI=1S/C73H132O6/c1-4-7-10-13-16-19-22-25-28-31-32-33-34-35-36-37-38-39-40-43-45-48-51-54-57-60-63-66-72(75)78-69-70(79-73(76)67-64-61-58-55-52-49-46-42-30-27-24-21-18-15-12-9-6-3)68-77-71(74)65-62-59-56-53-50-47-44-41-29-26-23-20-17-14-11-8-5-2/h9,12,17-18,20-21,26-27,29-30,70H,4-8,10-11,13-16,19,22-25,28,31-69H2,1-3H3/b12-9-,20-17-,21-18-,29-26-,30-27-. The fourth-order valence-corrected chi connectivity index (χ4v) is 10.3. The summed E-state index contributed by atoms with van der Waals surface area (Å²) in [7, 11) is 0. The maximum atomic E-state index is 12.9. The maximum absolute atomic E-state index is 12.9. The van der Waals surface area contributed by atoms with Gasteiger partial charge in [0.2, 0.25) is 0 Å². The highest BCUT2D eigenvalue weighted by molar-refractivity contribution is 5.71. The molecule has 0 aliphatic rings. The summed E-state index contributed by atoms with van der Waals surface area (Å²) in [5, 5.41) is 0. The van der Waals surface area contributed by atoms with Crippen LogP contribution in [0.4, 0.5) is 0 Å². The molecular weight excluding hydrogens is 973 g/mol. The molecule has 0 aliphatic heterocycles. The summed E-state index contributed by atoms with van der Waals surface area (Å²) in [5.74, 6) is -0.874. The lowest BCUT2D eigenvalue weighted by Crippen LogP contribution is -2.30. The van der Waals surface area contributed by atoms with Gasteiger partial charge in [-0.2, -0.15) is 0 Å². The Labute approximate surface area is 491 Å². The lowest BCUT2D eigenvalue weighted by Gasteiger charge is -2.18. The number of carbonyl (C=O) groups is 3. The Balaban J connectivity index is 4.26. The molecular formula is C73H132O6. The molecule has 0 saturated carbocycles. The van der Waals surface area contributed by atoms with Gasteiger partial charge in [-0.15, -0.1) is 0 Å². The SMILES string of the molecule is CC/C=C\C/C=C\C/C=C\CCCCCCCCCC(=O)OC(COC(=O)CCCCCCCCC/C=C\C/C=C\CCCCC)COC(=O)CCCCCCCCCCCCCCCCCCCCCCCCCCCCC. The molecule has 6 heteroatoms. The molecule has 0 N–H and O–H groups in total. The monoisotopic (exact) mass is 1110 g/mol. The molecule has 0 radical (unpaired) electrons. The van der Waals surface area contributed by atoms with Gasteiger partial charge in [0.25, 0.3) is 0 Å². The first kappa shape index (κ1) is 76.1. The summed E-state index contributed by atoms with van der Waals surface area (Å²) in [6, 6.07) is 0. The summed E-state index contributed by atoms with van der Waals surface area (Å²) < 4.78 is 17.0. The number of hydrogen-bond acceptors (Lipinski definition) is 6. The van der Waals surface area contributed by atoms with Gasteiger partial charge in [0.15, 0.2) is 6.10 Å². The molecule has 79 heavy (non-hydrogen) atoms. The quantitative estimate of drug-likeness (QED) is 0.0261. The van der Waals surface area contributed by atoms with Crippen molar-refractivity contribution in [1.82, 2.24) is 0 Å². The van der Waals surface area contributed by atoms with Crippen LogP contribution in [0.2, 0.25) is 0 Å². The predicted molar refractivity (Wildman–Crippen MR) is 344 cm³/mol. The normalized spacial score (nSPS) is 12.4. The molecule has 6 nitrogen and oxygen atoms in total. The summed E-state index contributed by atoms with van der Waals surface area (Å²) in [6.45, 7) is 6.55. The topological polar surface area (TPSA) is 78.9 Å². The highest BCUT2D eigenvalue weighted by Gasteiger charge is 2.19. The van der Waals surface area contributed by atoms with E-state index in [1.165, 1.54) is 231 Å². The molecule has 0 heterocycles. The van der Waals surface area contributed by atoms with Crippen LogP contribution in [0.25, 0.3) is 0 Å². The molecule has 0 bridgehead atoms. The zero-order chi connectivity index (χ0) is 57.1. The molecule has 0 amide bonds. The van der Waals surface area contributed by atoms with Gasteiger partial charge in [-0.05, 0) is 83.5 Å². The van der Waals surface area contributed by atoms with Crippen molar-refractivity contribution in [3.8, 4) is 0 Å². The van der Waals surface area contributed by atoms with Crippen LogP contribution in [0.3, 0.4) is 0 Å². The molecule has 0 rings (SSSR count). The minimum absolute atomic E-state index is 0.0775. The van der Waals surface area contributed by atoms with Gasteiger partial charge in [-0.1, -0.05) is 326 Å². The Morgan fingerprint density at radius 1 is 0.266 bits per heavy atom. The van der Waals surface area contributed by atoms with Gasteiger partial charge < -0.3 is 14.2 Å². The van der Waals surface area contributed by atoms with Crippen LogP contribution in [-0.4, -0.2) is 37.2 Å². The third kappa shape index (κ3) is 65.8. The highest BCUT2D eigenvalue weighted by atomic mass is 16.6. The van der Waals surface area contributed by atoms with Gasteiger partial charge in [-0.25, -0.2) is 0 Å². The van der Waals surface area contributed by atoms with Crippen LogP contribution in [0.15, 0.2) is 60.8 Å². The number of esters is 3. The van der Waals surface area contributed by atoms with Crippen LogP contribution in [0.5, 0.6) is 0 Å². The molecule has 0 aliphatic carbocycles. The fraction of sp³-hybridized carbons (Fsp3) is 0.822. The molecule has 0 aromatic carbocycles. The lowest BCUT2D eigenvalue weighted by molar-refractivity contribution is -0.167. The average Bonchev–Trinajstić information content (AvgIpc) is 3.45. The van der Waals surface area contributed by atoms with E-state index in [0.29, 0.717) is 19.3 Å². The highest BCUT2D eigenvalue weighted by Crippen LogP contribution is 2.18. The van der Waals surface area contributed by atoms with E-state index in [2.05, 4.69) is 81.5 Å². The van der Waals surface area contributed by atoms with Crippen molar-refractivity contribution in [2.45, 2.75) is 374 Å². The van der Waals surface area contributed by atoms with E-state index in [0.717, 1.165) is 96.3 Å². The van der Waals surface area contributed by atoms with Gasteiger partial charge in [0, 0.05) is 19.3 Å². The van der Waals surface area contributed by atoms with Crippen molar-refractivity contribution in [1.29, 1.82) is 0 Å². The van der Waals surface area contributed by atoms with E-state index in [4.69, 9.17) is 14.2 Å². The van der Waals surface area contributed by atoms with Crippen LogP contribution in [-0.2, 0) is 28.6 Å². The Bertz CT molecular complexity index is 1410. The Morgan fingerprint density at radius 2 is 0.494 bits per heavy atom. The Morgan fingerprint density at radius 3 is 0.797 bits per heavy atom. The first-order valence-corrected chi connectivity index (χ1v) is 34.8. The molecule has 0 aromatic heterocycles. The first-order chi connectivity index (χ1) is 39.0. The number of carbonyl (C=O) groups excluding carboxylic acids is 3. The van der Waals surface area contributed by atoms with Crippen molar-refractivity contribution < 1.29 is 28.6 Å². The lowest BCUT2D eigenvalue weighted by atomic mass is 10.0. The third-order valence-corrected chi connectivity index (χ3v) is 15.5. The fourth-order valence-electron chi connectivity index (χ4n) is 10.3. The molecule has 0 fully saturated rings. The van der Waals surface area contributed by atoms with E-state index >= 15 is 0 Å². The third-order valence-electron chi connectivity index (χ3n) is 15.5. The minimum atomic E-state index is -0.783. The van der Waals surface area contributed by atoms with Crippen LogP contribution >= 0.6 is 0 Å². The van der Waals surface area contributed by atoms with Crippen LogP contribution in [0, 0.1) is 0 Å². The van der Waals surface area contributed by atoms with Crippen molar-refractivity contribution in [2.24, 2.45) is 0 Å². The van der Waals surface area contributed by atoms with Crippen molar-refractivity contribution in [3.63, 3.8) is 0 Å². The van der Waals surface area contributed by atoms with Crippen LogP contribution in [0.1, 0.15) is 367 Å². The van der Waals surface area contributed by atoms with Gasteiger partial charge >= 0.3 is 17.9 Å². The second-order valence-corrected chi connectivity index (χ2v) is 23.4. The zero-order valence-corrected chi connectivity index (χ0v) is 52.9. The molecule has 1 unspecified atom stereocenters. The Hall–Kier alpha value is -2.89. The smallest absolute Gasteiger partial charge is 0.306 e. The predicted octanol–water partition coefficient (Wildman–Crippen LogP) is 23.9. The molecule has 460 valence electrons. The van der Waals surface area contributed by atoms with E-state index in [1.807, 2.05) is 0 Å². The first-order valence-electron chi connectivity index (χ1n) is 34.8. The molecule has 1 atom stereocenters. The number of unbranched alkanes of at least 4 members (excludes halogenated alkanes) is 43. The minimum Gasteiger partial charge on any atom is -0.462 e. The molecule has 0 aromatic rings. The second kappa shape index (κ2) is 67.6. The number of rotatable bonds is 64. The summed E-state index contributed by atoms with van der Waals surface area (Å²) in [5.41, 5.74) is 0. The van der Waals surface area contributed by atoms with Gasteiger partial charge in [-0.3, -0.25) is 14.4 Å². The number of ether oxygens (including phenoxy) is 3. The van der Waals surface area contributed by atoms with Crippen molar-refractivity contribution >= 4 is 17.9 Å². The van der Waals surface area contributed by atoms with Crippen molar-refractivity contribution in [3.05, 3.63) is 60.8 Å². The largest absolute Gasteiger partial charge is 0.462 e. The van der Waals surface area contributed by atoms with Gasteiger partial charge in [0.1, 0.15) is 13.2 Å². The summed E-state index contributed by atoms with van der Waals surface area (Å²) >= 11 is 0. The van der Waals surface area contributed by atoms with E-state index in [1.54, 1.807) is 0 Å². The average molecular weight is 1110 g/mol. The number of allylic oxidation sites excluding steroid dienone is 10. The summed E-state index contributed by atoms with van der Waals surface area (Å²) in [4.78, 5) is 38.4. The Kier molecular flexibility index (Phi) is 65.1. The van der Waals surface area contributed by atoms with Crippen LogP contribution < -0.4 is 0 Å².